The molecule has 1 aromatic heterocycles. The van der Waals surface area contributed by atoms with Crippen molar-refractivity contribution in [3.63, 3.8) is 0 Å². The van der Waals surface area contributed by atoms with E-state index < -0.39 is 5.60 Å². The highest BCUT2D eigenvalue weighted by molar-refractivity contribution is 5.81. The number of hydrogen-bond acceptors (Lipinski definition) is 7. The summed E-state index contributed by atoms with van der Waals surface area (Å²) in [6, 6.07) is 8.68. The molecular formula is C25H33N7O2. The van der Waals surface area contributed by atoms with E-state index in [1.165, 1.54) is 5.69 Å². The fourth-order valence-corrected chi connectivity index (χ4v) is 5.57. The number of hydrogen-bond donors (Lipinski definition) is 1. The van der Waals surface area contributed by atoms with Crippen molar-refractivity contribution in [3.05, 3.63) is 35.9 Å². The van der Waals surface area contributed by atoms with Crippen LogP contribution in [-0.4, -0.2) is 68.2 Å². The van der Waals surface area contributed by atoms with Gasteiger partial charge in [-0.15, -0.1) is 0 Å². The molecule has 1 unspecified atom stereocenters. The van der Waals surface area contributed by atoms with Gasteiger partial charge in [-0.05, 0) is 63.3 Å². The van der Waals surface area contributed by atoms with Gasteiger partial charge in [-0.1, -0.05) is 0 Å². The number of aliphatic hydroxyl groups is 1. The van der Waals surface area contributed by atoms with Crippen LogP contribution in [-0.2, 0) is 17.9 Å². The molecule has 0 bridgehead atoms. The number of piperidine rings is 1. The Morgan fingerprint density at radius 3 is 2.56 bits per heavy atom. The normalized spacial score (nSPS) is 23.9. The lowest BCUT2D eigenvalue weighted by atomic mass is 9.84. The van der Waals surface area contributed by atoms with E-state index in [2.05, 4.69) is 49.4 Å². The van der Waals surface area contributed by atoms with Gasteiger partial charge in [0.15, 0.2) is 0 Å². The summed E-state index contributed by atoms with van der Waals surface area (Å²) >= 11 is 0. The smallest absolute Gasteiger partial charge is 0.225 e. The van der Waals surface area contributed by atoms with Gasteiger partial charge in [0.25, 0.3) is 0 Å². The molecule has 1 aromatic carbocycles. The lowest BCUT2D eigenvalue weighted by molar-refractivity contribution is -0.137. The van der Waals surface area contributed by atoms with Crippen LogP contribution in [0.15, 0.2) is 29.4 Å². The number of anilines is 2. The minimum atomic E-state index is -0.737. The average Bonchev–Trinajstić information content (AvgIpc) is 3.48. The fourth-order valence-electron chi connectivity index (χ4n) is 5.57. The van der Waals surface area contributed by atoms with Gasteiger partial charge in [0.2, 0.25) is 5.91 Å². The van der Waals surface area contributed by atoms with Crippen LogP contribution in [0.2, 0.25) is 0 Å². The Kier molecular flexibility index (Phi) is 5.32. The van der Waals surface area contributed by atoms with Gasteiger partial charge in [0.05, 0.1) is 30.4 Å². The number of aromatic nitrogens is 3. The van der Waals surface area contributed by atoms with Gasteiger partial charge in [0, 0.05) is 43.9 Å². The fraction of sp³-hybridized carbons (Fsp3) is 0.600. The van der Waals surface area contributed by atoms with Gasteiger partial charge < -0.3 is 14.9 Å². The summed E-state index contributed by atoms with van der Waals surface area (Å²) < 4.78 is 2.00. The number of carbonyl (C=O) groups is 1. The highest BCUT2D eigenvalue weighted by atomic mass is 16.3. The lowest BCUT2D eigenvalue weighted by Gasteiger charge is -2.40. The Balaban J connectivity index is 1.08. The third-order valence-corrected chi connectivity index (χ3v) is 7.73. The number of hydrazone groups is 1. The summed E-state index contributed by atoms with van der Waals surface area (Å²) in [5, 5.41) is 22.4. The Morgan fingerprint density at radius 1 is 1.09 bits per heavy atom. The zero-order valence-electron chi connectivity index (χ0n) is 19.8. The second-order valence-corrected chi connectivity index (χ2v) is 10.3. The first kappa shape index (κ1) is 21.6. The number of amides is 1. The number of rotatable bonds is 5. The molecule has 4 aliphatic rings. The minimum Gasteiger partial charge on any atom is -0.390 e. The molecule has 1 amide bonds. The Bertz CT molecular complexity index is 1080. The Hall–Kier alpha value is -2.94. The van der Waals surface area contributed by atoms with E-state index in [0.717, 1.165) is 56.2 Å². The van der Waals surface area contributed by atoms with Gasteiger partial charge in [0.1, 0.15) is 11.6 Å². The monoisotopic (exact) mass is 463 g/mol. The van der Waals surface area contributed by atoms with Gasteiger partial charge in [-0.2, -0.15) is 10.2 Å². The number of fused-ring (bicyclic) bond motifs is 1. The number of carbonyl (C=O) groups excluding carboxylic acids is 1. The molecule has 0 radical (unpaired) electrons. The van der Waals surface area contributed by atoms with Crippen LogP contribution in [0, 0.1) is 12.8 Å². The first-order valence-electron chi connectivity index (χ1n) is 12.6. The molecule has 1 atom stereocenters. The van der Waals surface area contributed by atoms with E-state index in [1.807, 2.05) is 22.7 Å². The van der Waals surface area contributed by atoms with E-state index in [4.69, 9.17) is 0 Å². The lowest BCUT2D eigenvalue weighted by Crippen LogP contribution is -2.49. The van der Waals surface area contributed by atoms with Gasteiger partial charge >= 0.3 is 0 Å². The summed E-state index contributed by atoms with van der Waals surface area (Å²) in [4.78, 5) is 21.2. The van der Waals surface area contributed by atoms with Crippen molar-refractivity contribution in [2.24, 2.45) is 11.0 Å². The van der Waals surface area contributed by atoms with Crippen molar-refractivity contribution in [1.82, 2.24) is 19.7 Å². The molecular weight excluding hydrogens is 430 g/mol. The van der Waals surface area contributed by atoms with Crippen molar-refractivity contribution in [3.8, 4) is 0 Å². The summed E-state index contributed by atoms with van der Waals surface area (Å²) in [5.74, 6) is 2.37. The third-order valence-electron chi connectivity index (χ3n) is 7.73. The quantitative estimate of drug-likeness (QED) is 0.732. The van der Waals surface area contributed by atoms with Crippen molar-refractivity contribution in [2.75, 3.05) is 29.5 Å². The molecule has 6 rings (SSSR count). The van der Waals surface area contributed by atoms with Crippen LogP contribution in [0.25, 0.3) is 0 Å². The predicted molar refractivity (Wildman–Crippen MR) is 130 cm³/mol. The molecule has 1 saturated heterocycles. The number of likely N-dealkylation sites (tertiary alicyclic amines) is 1. The molecule has 180 valence electrons. The minimum absolute atomic E-state index is 0.137. The van der Waals surface area contributed by atoms with Crippen molar-refractivity contribution < 1.29 is 9.90 Å². The van der Waals surface area contributed by atoms with Crippen LogP contribution < -0.4 is 9.91 Å². The summed E-state index contributed by atoms with van der Waals surface area (Å²) in [7, 11) is 0. The molecule has 34 heavy (non-hydrogen) atoms. The molecule has 2 fully saturated rings. The van der Waals surface area contributed by atoms with Crippen LogP contribution in [0.5, 0.6) is 0 Å². The van der Waals surface area contributed by atoms with Crippen LogP contribution in [0.3, 0.4) is 0 Å². The van der Waals surface area contributed by atoms with Gasteiger partial charge in [-0.25, -0.2) is 9.67 Å². The molecule has 4 heterocycles. The van der Waals surface area contributed by atoms with E-state index in [0.29, 0.717) is 32.4 Å². The highest BCUT2D eigenvalue weighted by Gasteiger charge is 2.41. The molecule has 3 aliphatic heterocycles. The predicted octanol–water partition coefficient (Wildman–Crippen LogP) is 2.32. The maximum absolute atomic E-state index is 12.4. The number of nitrogens with zero attached hydrogens (tertiary/aromatic N) is 7. The molecule has 9 heteroatoms. The van der Waals surface area contributed by atoms with Crippen LogP contribution in [0.1, 0.15) is 50.2 Å². The van der Waals surface area contributed by atoms with Crippen molar-refractivity contribution in [2.45, 2.75) is 70.2 Å². The van der Waals surface area contributed by atoms with Crippen LogP contribution in [0.4, 0.5) is 11.4 Å². The van der Waals surface area contributed by atoms with E-state index in [-0.39, 0.29) is 17.9 Å². The molecule has 1 N–H and O–H groups in total. The van der Waals surface area contributed by atoms with Crippen molar-refractivity contribution >= 4 is 23.5 Å². The van der Waals surface area contributed by atoms with Crippen molar-refractivity contribution in [1.29, 1.82) is 0 Å². The largest absolute Gasteiger partial charge is 0.390 e. The molecule has 1 saturated carbocycles. The summed E-state index contributed by atoms with van der Waals surface area (Å²) in [5.41, 5.74) is 1.48. The summed E-state index contributed by atoms with van der Waals surface area (Å²) in [6.07, 6.45) is 6.81. The molecule has 9 nitrogen and oxygen atoms in total. The van der Waals surface area contributed by atoms with E-state index in [1.54, 1.807) is 0 Å². The topological polar surface area (TPSA) is 90.1 Å². The maximum Gasteiger partial charge on any atom is 0.225 e. The van der Waals surface area contributed by atoms with Gasteiger partial charge in [-0.3, -0.25) is 9.80 Å². The van der Waals surface area contributed by atoms with E-state index >= 15 is 0 Å². The molecule has 1 aliphatic carbocycles. The second-order valence-electron chi connectivity index (χ2n) is 10.3. The first-order chi connectivity index (χ1) is 16.5. The average molecular weight is 464 g/mol. The molecule has 0 spiro atoms. The maximum atomic E-state index is 12.4. The zero-order valence-corrected chi connectivity index (χ0v) is 19.8. The Labute approximate surface area is 200 Å². The highest BCUT2D eigenvalue weighted by Crippen LogP contribution is 2.36. The second kappa shape index (κ2) is 8.37. The molecule has 2 aromatic rings. The summed E-state index contributed by atoms with van der Waals surface area (Å²) in [6.45, 7) is 5.78. The van der Waals surface area contributed by atoms with Crippen LogP contribution >= 0.6 is 0 Å². The number of benzene rings is 1. The van der Waals surface area contributed by atoms with E-state index in [9.17, 15) is 9.90 Å². The Morgan fingerprint density at radius 2 is 1.82 bits per heavy atom. The zero-order chi connectivity index (χ0) is 23.3. The third kappa shape index (κ3) is 4.17. The standard InChI is InChI=1S/C25H33N7O2/c1-18-27-23-17-30(14-15-31(23)28-18)20-4-6-21(7-5-20)32-22(8-11-26-32)16-25(34)9-12-29(13-10-25)24(33)19-2-3-19/h4-7,11,19,22,34H,2-3,8-10,12-17H2,1H3. The number of aryl methyl sites for hydroxylation is 1. The SMILES string of the molecule is Cc1nc2n(n1)CCN(c1ccc(N3N=CCC3CC3(O)CCN(C(=O)C4CC4)CC3)cc1)C2. The first-order valence-corrected chi connectivity index (χ1v) is 12.6.